The van der Waals surface area contributed by atoms with E-state index >= 15 is 0 Å². The van der Waals surface area contributed by atoms with E-state index in [0.717, 1.165) is 59.4 Å². The Kier molecular flexibility index (Phi) is 4.01. The summed E-state index contributed by atoms with van der Waals surface area (Å²) in [5, 5.41) is 9.03. The van der Waals surface area contributed by atoms with E-state index in [-0.39, 0.29) is 0 Å². The monoisotopic (exact) mass is 389 g/mol. The average Bonchev–Trinajstić information content (AvgIpc) is 3.32. The maximum Gasteiger partial charge on any atom is 0.227 e. The highest BCUT2D eigenvalue weighted by atomic mass is 16.5. The van der Waals surface area contributed by atoms with Gasteiger partial charge in [0.1, 0.15) is 5.75 Å². The molecule has 1 N–H and O–H groups in total. The minimum absolute atomic E-state index is 0.695. The molecule has 1 aromatic carbocycles. The highest BCUT2D eigenvalue weighted by molar-refractivity contribution is 5.87. The molecule has 8 nitrogen and oxygen atoms in total. The molecule has 0 bridgehead atoms. The van der Waals surface area contributed by atoms with Gasteiger partial charge in [-0.05, 0) is 49.1 Å². The van der Waals surface area contributed by atoms with Gasteiger partial charge < -0.3 is 14.6 Å². The van der Waals surface area contributed by atoms with Gasteiger partial charge in [0.05, 0.1) is 19.0 Å². The van der Waals surface area contributed by atoms with E-state index in [1.54, 1.807) is 13.4 Å². The summed E-state index contributed by atoms with van der Waals surface area (Å²) < 4.78 is 7.53. The number of rotatable bonds is 3. The Balaban J connectivity index is 1.52. The van der Waals surface area contributed by atoms with Crippen molar-refractivity contribution in [2.45, 2.75) is 26.8 Å². The lowest BCUT2D eigenvalue weighted by Gasteiger charge is -2.30. The van der Waals surface area contributed by atoms with Crippen LogP contribution < -0.4 is 9.64 Å². The zero-order valence-corrected chi connectivity index (χ0v) is 17.0. The molecule has 0 unspecified atom stereocenters. The third kappa shape index (κ3) is 2.83. The number of benzene rings is 1. The lowest BCUT2D eigenvalue weighted by atomic mass is 9.97. The first-order valence-corrected chi connectivity index (χ1v) is 9.67. The standard InChI is InChI=1S/C21H23N7O/c1-12-7-15-10-28(6-5-14(15)9-17(12)29-4)21-26-25-20(27(21)3)16-8-13(2)24-19-18(16)22-11-23-19/h7-9,11H,5-6,10H2,1-4H3,(H,22,23,24). The molecule has 4 aromatic rings. The van der Waals surface area contributed by atoms with E-state index in [4.69, 9.17) is 4.74 Å². The smallest absolute Gasteiger partial charge is 0.227 e. The van der Waals surface area contributed by atoms with Crippen molar-refractivity contribution in [1.29, 1.82) is 0 Å². The number of aromatic amines is 1. The fraction of sp³-hybridized carbons (Fsp3) is 0.333. The van der Waals surface area contributed by atoms with Crippen molar-refractivity contribution in [3.63, 3.8) is 0 Å². The Hall–Kier alpha value is -3.42. The van der Waals surface area contributed by atoms with E-state index < -0.39 is 0 Å². The average molecular weight is 389 g/mol. The number of hydrogen-bond acceptors (Lipinski definition) is 6. The van der Waals surface area contributed by atoms with Gasteiger partial charge in [-0.15, -0.1) is 10.2 Å². The van der Waals surface area contributed by atoms with Crippen LogP contribution in [-0.2, 0) is 20.0 Å². The molecule has 29 heavy (non-hydrogen) atoms. The third-order valence-electron chi connectivity index (χ3n) is 5.63. The fourth-order valence-corrected chi connectivity index (χ4v) is 4.16. The van der Waals surface area contributed by atoms with Crippen molar-refractivity contribution in [1.82, 2.24) is 29.7 Å². The third-order valence-corrected chi connectivity index (χ3v) is 5.63. The summed E-state index contributed by atoms with van der Waals surface area (Å²) in [5.41, 5.74) is 7.25. The van der Waals surface area contributed by atoms with Gasteiger partial charge >= 0.3 is 0 Å². The zero-order valence-electron chi connectivity index (χ0n) is 17.0. The predicted molar refractivity (Wildman–Crippen MR) is 111 cm³/mol. The second-order valence-electron chi connectivity index (χ2n) is 7.56. The molecular weight excluding hydrogens is 366 g/mol. The Morgan fingerprint density at radius 3 is 2.79 bits per heavy atom. The molecule has 0 aliphatic carbocycles. The predicted octanol–water partition coefficient (Wildman–Crippen LogP) is 2.94. The molecule has 0 spiro atoms. The first-order chi connectivity index (χ1) is 14.0. The van der Waals surface area contributed by atoms with Crippen molar-refractivity contribution >= 4 is 17.1 Å². The van der Waals surface area contributed by atoms with Crippen LogP contribution in [0.3, 0.4) is 0 Å². The van der Waals surface area contributed by atoms with Crippen LogP contribution in [-0.4, -0.2) is 43.4 Å². The van der Waals surface area contributed by atoms with Gasteiger partial charge in [-0.3, -0.25) is 4.57 Å². The quantitative estimate of drug-likeness (QED) is 0.580. The van der Waals surface area contributed by atoms with Crippen LogP contribution in [0.1, 0.15) is 22.4 Å². The number of H-pyrrole nitrogens is 1. The Bertz CT molecular complexity index is 1220. The summed E-state index contributed by atoms with van der Waals surface area (Å²) in [6.45, 7) is 5.74. The number of fused-ring (bicyclic) bond motifs is 2. The number of pyridine rings is 1. The topological polar surface area (TPSA) is 84.8 Å². The molecule has 0 fully saturated rings. The van der Waals surface area contributed by atoms with E-state index in [0.29, 0.717) is 5.65 Å². The van der Waals surface area contributed by atoms with Gasteiger partial charge in [0.15, 0.2) is 11.5 Å². The highest BCUT2D eigenvalue weighted by Gasteiger charge is 2.24. The molecule has 8 heteroatoms. The number of methoxy groups -OCH3 is 1. The van der Waals surface area contributed by atoms with E-state index in [1.165, 1.54) is 11.1 Å². The number of anilines is 1. The van der Waals surface area contributed by atoms with Crippen LogP contribution in [0.5, 0.6) is 5.75 Å². The molecular formula is C21H23N7O. The fourth-order valence-electron chi connectivity index (χ4n) is 4.16. The number of nitrogens with zero attached hydrogens (tertiary/aromatic N) is 6. The summed E-state index contributed by atoms with van der Waals surface area (Å²) in [6.07, 6.45) is 2.61. The number of aryl methyl sites for hydroxylation is 2. The second-order valence-corrected chi connectivity index (χ2v) is 7.56. The largest absolute Gasteiger partial charge is 0.496 e. The lowest BCUT2D eigenvalue weighted by Crippen LogP contribution is -2.32. The number of imidazole rings is 1. The second kappa shape index (κ2) is 6.58. The summed E-state index contributed by atoms with van der Waals surface area (Å²) in [4.78, 5) is 14.2. The van der Waals surface area contributed by atoms with E-state index in [9.17, 15) is 0 Å². The maximum absolute atomic E-state index is 5.48. The number of aromatic nitrogens is 6. The molecule has 1 aliphatic heterocycles. The first kappa shape index (κ1) is 17.7. The van der Waals surface area contributed by atoms with Crippen molar-refractivity contribution in [3.8, 4) is 17.1 Å². The Morgan fingerprint density at radius 2 is 1.97 bits per heavy atom. The minimum Gasteiger partial charge on any atom is -0.496 e. The molecule has 148 valence electrons. The molecule has 0 atom stereocenters. The van der Waals surface area contributed by atoms with Crippen LogP contribution in [0.15, 0.2) is 24.5 Å². The summed E-state index contributed by atoms with van der Waals surface area (Å²) in [7, 11) is 3.74. The Morgan fingerprint density at radius 1 is 1.10 bits per heavy atom. The molecule has 0 saturated heterocycles. The SMILES string of the molecule is COc1cc2c(cc1C)CN(c1nnc(-c3cc(C)nc4nc[nH]c34)n1C)CC2. The van der Waals surface area contributed by atoms with Gasteiger partial charge in [0, 0.05) is 31.4 Å². The van der Waals surface area contributed by atoms with Gasteiger partial charge in [0.25, 0.3) is 0 Å². The molecule has 0 saturated carbocycles. The van der Waals surface area contributed by atoms with Crippen molar-refractivity contribution in [3.05, 3.63) is 46.9 Å². The van der Waals surface area contributed by atoms with E-state index in [2.05, 4.69) is 53.7 Å². The minimum atomic E-state index is 0.695. The van der Waals surface area contributed by atoms with Crippen LogP contribution in [0.25, 0.3) is 22.6 Å². The first-order valence-electron chi connectivity index (χ1n) is 9.67. The summed E-state index contributed by atoms with van der Waals surface area (Å²) >= 11 is 0. The molecule has 0 radical (unpaired) electrons. The molecule has 4 heterocycles. The lowest BCUT2D eigenvalue weighted by molar-refractivity contribution is 0.410. The summed E-state index contributed by atoms with van der Waals surface area (Å²) in [5.74, 6) is 2.62. The molecule has 5 rings (SSSR count). The van der Waals surface area contributed by atoms with Crippen molar-refractivity contribution in [2.75, 3.05) is 18.6 Å². The van der Waals surface area contributed by atoms with Gasteiger partial charge in [0.2, 0.25) is 5.95 Å². The molecule has 3 aromatic heterocycles. The highest BCUT2D eigenvalue weighted by Crippen LogP contribution is 2.31. The van der Waals surface area contributed by atoms with Crippen molar-refractivity contribution in [2.24, 2.45) is 7.05 Å². The number of hydrogen-bond donors (Lipinski definition) is 1. The van der Waals surface area contributed by atoms with Crippen LogP contribution in [0.4, 0.5) is 5.95 Å². The number of ether oxygens (including phenoxy) is 1. The van der Waals surface area contributed by atoms with Gasteiger partial charge in [-0.1, -0.05) is 6.07 Å². The van der Waals surface area contributed by atoms with Gasteiger partial charge in [-0.25, -0.2) is 9.97 Å². The van der Waals surface area contributed by atoms with Crippen molar-refractivity contribution < 1.29 is 4.74 Å². The van der Waals surface area contributed by atoms with E-state index in [1.807, 2.05) is 20.0 Å². The molecule has 1 aliphatic rings. The van der Waals surface area contributed by atoms with Crippen LogP contribution >= 0.6 is 0 Å². The zero-order chi connectivity index (χ0) is 20.1. The maximum atomic E-state index is 5.48. The Labute approximate surface area is 168 Å². The normalized spacial score (nSPS) is 13.7. The van der Waals surface area contributed by atoms with Gasteiger partial charge in [-0.2, -0.15) is 0 Å². The van der Waals surface area contributed by atoms with Crippen LogP contribution in [0.2, 0.25) is 0 Å². The van der Waals surface area contributed by atoms with Crippen LogP contribution in [0, 0.1) is 13.8 Å². The summed E-state index contributed by atoms with van der Waals surface area (Å²) in [6, 6.07) is 6.41. The number of nitrogens with one attached hydrogen (secondary N) is 1. The molecule has 0 amide bonds.